The normalized spacial score (nSPS) is 45.2. The fourth-order valence-corrected chi connectivity index (χ4v) is 9.28. The summed E-state index contributed by atoms with van der Waals surface area (Å²) in [6.45, 7) is 20.3. The Morgan fingerprint density at radius 3 is 2.27 bits per heavy atom. The zero-order valence-corrected chi connectivity index (χ0v) is 36.5. The molecular weight excluding hydrogens is 726 g/mol. The van der Waals surface area contributed by atoms with E-state index in [9.17, 15) is 35.4 Å². The molecule has 3 fully saturated rings. The third-order valence-electron chi connectivity index (χ3n) is 13.1. The largest absolute Gasteiger partial charge is 0.457 e. The van der Waals surface area contributed by atoms with Gasteiger partial charge in [-0.2, -0.15) is 0 Å². The standard InChI is InChI=1S/C41H79N3O12/c1-14-16-42-21-41(51)28(8)53-31(19-38(41,9)22-45)54-33-25(5)34(56-37-32(47)29(44(12)13)17-24(4)52-37)39(10,49)18-23(3)20-43-27(7)35(55-36(48)26(33)6)40(11,50)30(46)15-2/h23-35,37,42-43,45-47,49-51H,14-22H2,1-13H3/t23-,24-,25+,26-,27-,28+,29+,30?,31+,32-,33+,34-,35?,37+,38+,39+,40-,41-/m1/s1. The minimum absolute atomic E-state index is 0.0650. The Morgan fingerprint density at radius 2 is 1.70 bits per heavy atom. The van der Waals surface area contributed by atoms with Crippen molar-refractivity contribution in [1.82, 2.24) is 15.5 Å². The highest BCUT2D eigenvalue weighted by molar-refractivity contribution is 5.73. The average molecular weight is 806 g/mol. The zero-order chi connectivity index (χ0) is 42.6. The van der Waals surface area contributed by atoms with Crippen molar-refractivity contribution >= 4 is 5.97 Å². The predicted molar refractivity (Wildman–Crippen MR) is 211 cm³/mol. The van der Waals surface area contributed by atoms with Crippen LogP contribution in [0.25, 0.3) is 0 Å². The summed E-state index contributed by atoms with van der Waals surface area (Å²) in [5, 5.41) is 76.0. The molecule has 0 spiro atoms. The van der Waals surface area contributed by atoms with Crippen molar-refractivity contribution in [3.8, 4) is 0 Å². The maximum Gasteiger partial charge on any atom is 0.311 e. The van der Waals surface area contributed by atoms with E-state index in [1.165, 1.54) is 6.92 Å². The molecule has 2 unspecified atom stereocenters. The number of hydrogen-bond donors (Lipinski definition) is 8. The molecule has 330 valence electrons. The van der Waals surface area contributed by atoms with E-state index in [4.69, 9.17) is 23.7 Å². The van der Waals surface area contributed by atoms with Crippen molar-refractivity contribution in [3.63, 3.8) is 0 Å². The summed E-state index contributed by atoms with van der Waals surface area (Å²) in [6.07, 6.45) is -6.87. The van der Waals surface area contributed by atoms with E-state index in [1.54, 1.807) is 48.5 Å². The molecule has 0 bridgehead atoms. The summed E-state index contributed by atoms with van der Waals surface area (Å²) < 4.78 is 32.3. The van der Waals surface area contributed by atoms with Gasteiger partial charge in [0.2, 0.25) is 0 Å². The summed E-state index contributed by atoms with van der Waals surface area (Å²) in [7, 11) is 3.76. The number of hydrogen-bond acceptors (Lipinski definition) is 15. The molecule has 3 heterocycles. The molecule has 0 saturated carbocycles. The van der Waals surface area contributed by atoms with Crippen molar-refractivity contribution in [1.29, 1.82) is 0 Å². The molecule has 15 heteroatoms. The Balaban J connectivity index is 2.16. The second-order valence-electron chi connectivity index (χ2n) is 18.5. The highest BCUT2D eigenvalue weighted by Gasteiger charge is 2.57. The number of aliphatic hydroxyl groups excluding tert-OH is 3. The Bertz CT molecular complexity index is 1230. The van der Waals surface area contributed by atoms with Gasteiger partial charge in [0.15, 0.2) is 12.6 Å². The van der Waals surface area contributed by atoms with Crippen LogP contribution in [-0.4, -0.2) is 166 Å². The number of carbonyl (C=O) groups is 1. The highest BCUT2D eigenvalue weighted by atomic mass is 16.7. The number of rotatable bonds is 13. The number of ether oxygens (including phenoxy) is 5. The third kappa shape index (κ3) is 11.0. The van der Waals surface area contributed by atoms with E-state index in [0.717, 1.165) is 6.42 Å². The van der Waals surface area contributed by atoms with Crippen LogP contribution in [-0.2, 0) is 28.5 Å². The van der Waals surface area contributed by atoms with Gasteiger partial charge in [-0.3, -0.25) is 4.79 Å². The Labute approximate surface area is 336 Å². The smallest absolute Gasteiger partial charge is 0.311 e. The van der Waals surface area contributed by atoms with Gasteiger partial charge < -0.3 is 69.9 Å². The molecule has 18 atom stereocenters. The molecule has 3 saturated heterocycles. The lowest BCUT2D eigenvalue weighted by Crippen LogP contribution is -2.67. The molecule has 0 aromatic heterocycles. The minimum Gasteiger partial charge on any atom is -0.457 e. The lowest BCUT2D eigenvalue weighted by Gasteiger charge is -2.54. The van der Waals surface area contributed by atoms with Crippen LogP contribution in [0.15, 0.2) is 0 Å². The topological polar surface area (TPSA) is 212 Å². The van der Waals surface area contributed by atoms with Crippen LogP contribution in [0.2, 0.25) is 0 Å². The maximum atomic E-state index is 14.4. The van der Waals surface area contributed by atoms with Gasteiger partial charge >= 0.3 is 5.97 Å². The lowest BCUT2D eigenvalue weighted by atomic mass is 9.66. The molecule has 3 aliphatic rings. The van der Waals surface area contributed by atoms with E-state index >= 15 is 0 Å². The SMILES string of the molecule is CCCNC[C@@]1(O)[C@H](C)O[C@@H](O[C@H]2[C@H](C)[C@@H](O[C@@H]3O[C@H](C)C[C@H](N(C)C)[C@H]3O)[C@@](C)(O)C[C@@H](C)CN[C@H](C)C([C@](C)(O)C(O)CC)OC(=O)[C@@H]2C)C[C@@]1(C)CO. The Kier molecular flexibility index (Phi) is 17.6. The Hall–Kier alpha value is -1.05. The number of likely N-dealkylation sites (N-methyl/N-ethyl adjacent to an activating group) is 1. The molecular formula is C41H79N3O12. The van der Waals surface area contributed by atoms with Crippen molar-refractivity contribution in [3.05, 3.63) is 0 Å². The Morgan fingerprint density at radius 1 is 1.05 bits per heavy atom. The molecule has 0 radical (unpaired) electrons. The monoisotopic (exact) mass is 806 g/mol. The van der Waals surface area contributed by atoms with Crippen LogP contribution in [0.1, 0.15) is 108 Å². The first kappa shape index (κ1) is 49.3. The number of nitrogens with one attached hydrogen (secondary N) is 2. The van der Waals surface area contributed by atoms with E-state index < -0.39 is 95.3 Å². The number of esters is 1. The number of cyclic esters (lactones) is 1. The van der Waals surface area contributed by atoms with Gasteiger partial charge in [-0.05, 0) is 100 Å². The molecule has 15 nitrogen and oxygen atoms in total. The van der Waals surface area contributed by atoms with Crippen molar-refractivity contribution in [2.45, 2.75) is 192 Å². The second-order valence-corrected chi connectivity index (χ2v) is 18.5. The van der Waals surface area contributed by atoms with Crippen LogP contribution in [0, 0.1) is 23.2 Å². The van der Waals surface area contributed by atoms with Gasteiger partial charge in [0.25, 0.3) is 0 Å². The molecule has 8 N–H and O–H groups in total. The minimum atomic E-state index is -1.83. The fraction of sp³-hybridized carbons (Fsp3) is 0.976. The predicted octanol–water partition coefficient (Wildman–Crippen LogP) is 1.52. The van der Waals surface area contributed by atoms with E-state index in [0.29, 0.717) is 19.5 Å². The third-order valence-corrected chi connectivity index (χ3v) is 13.1. The highest BCUT2D eigenvalue weighted by Crippen LogP contribution is 2.46. The van der Waals surface area contributed by atoms with Gasteiger partial charge in [0, 0.05) is 36.4 Å². The molecule has 3 aliphatic heterocycles. The van der Waals surface area contributed by atoms with Gasteiger partial charge in [-0.15, -0.1) is 0 Å². The number of aliphatic hydroxyl groups is 6. The van der Waals surface area contributed by atoms with Crippen LogP contribution < -0.4 is 10.6 Å². The number of nitrogens with zero attached hydrogens (tertiary/aromatic N) is 1. The van der Waals surface area contributed by atoms with Crippen molar-refractivity contribution in [2.75, 3.05) is 40.3 Å². The van der Waals surface area contributed by atoms with E-state index in [2.05, 4.69) is 10.6 Å². The lowest BCUT2D eigenvalue weighted by molar-refractivity contribution is -0.326. The van der Waals surface area contributed by atoms with Crippen LogP contribution >= 0.6 is 0 Å². The first-order valence-corrected chi connectivity index (χ1v) is 21.0. The summed E-state index contributed by atoms with van der Waals surface area (Å²) >= 11 is 0. The molecule has 0 aliphatic carbocycles. The van der Waals surface area contributed by atoms with E-state index in [1.807, 2.05) is 39.8 Å². The van der Waals surface area contributed by atoms with Crippen molar-refractivity contribution in [2.24, 2.45) is 23.2 Å². The van der Waals surface area contributed by atoms with Gasteiger partial charge in [0.1, 0.15) is 23.4 Å². The molecule has 56 heavy (non-hydrogen) atoms. The van der Waals surface area contributed by atoms with E-state index in [-0.39, 0.29) is 50.5 Å². The van der Waals surface area contributed by atoms with Gasteiger partial charge in [-0.1, -0.05) is 34.6 Å². The maximum absolute atomic E-state index is 14.4. The quantitative estimate of drug-likeness (QED) is 0.0980. The zero-order valence-electron chi connectivity index (χ0n) is 36.5. The first-order chi connectivity index (χ1) is 25.9. The molecule has 3 rings (SSSR count). The molecule has 0 aromatic carbocycles. The molecule has 0 amide bonds. The summed E-state index contributed by atoms with van der Waals surface area (Å²) in [5.74, 6) is -2.74. The summed E-state index contributed by atoms with van der Waals surface area (Å²) in [5.41, 5.74) is -5.93. The van der Waals surface area contributed by atoms with Gasteiger partial charge in [0.05, 0.1) is 48.6 Å². The average Bonchev–Trinajstić information content (AvgIpc) is 3.12. The molecule has 0 aromatic rings. The second kappa shape index (κ2) is 20.0. The number of carbonyl (C=O) groups excluding carboxylic acids is 1. The van der Waals surface area contributed by atoms with Crippen LogP contribution in [0.4, 0.5) is 0 Å². The fourth-order valence-electron chi connectivity index (χ4n) is 9.28. The van der Waals surface area contributed by atoms with Crippen molar-refractivity contribution < 1.29 is 59.1 Å². The van der Waals surface area contributed by atoms with Crippen LogP contribution in [0.3, 0.4) is 0 Å². The first-order valence-electron chi connectivity index (χ1n) is 21.0. The summed E-state index contributed by atoms with van der Waals surface area (Å²) in [6, 6.07) is -0.896. The summed E-state index contributed by atoms with van der Waals surface area (Å²) in [4.78, 5) is 16.4. The van der Waals surface area contributed by atoms with Crippen LogP contribution in [0.5, 0.6) is 0 Å². The van der Waals surface area contributed by atoms with Gasteiger partial charge in [-0.25, -0.2) is 0 Å².